The van der Waals surface area contributed by atoms with Crippen molar-refractivity contribution >= 4 is 21.8 Å². The van der Waals surface area contributed by atoms with Crippen molar-refractivity contribution in [3.63, 3.8) is 0 Å². The largest absolute Gasteiger partial charge is 0.313 e. The van der Waals surface area contributed by atoms with Crippen LogP contribution in [-0.4, -0.2) is 44.3 Å². The van der Waals surface area contributed by atoms with Gasteiger partial charge < -0.3 is 5.32 Å². The maximum absolute atomic E-state index is 11.9. The second-order valence-electron chi connectivity index (χ2n) is 4.91. The van der Waals surface area contributed by atoms with E-state index in [4.69, 9.17) is 0 Å². The van der Waals surface area contributed by atoms with Crippen molar-refractivity contribution in [2.75, 3.05) is 24.6 Å². The van der Waals surface area contributed by atoms with E-state index in [0.717, 1.165) is 25.8 Å². The smallest absolute Gasteiger partial charge is 0.213 e. The summed E-state index contributed by atoms with van der Waals surface area (Å²) in [4.78, 5) is 0. The third-order valence-electron chi connectivity index (χ3n) is 3.39. The van der Waals surface area contributed by atoms with Crippen LogP contribution in [0.1, 0.15) is 32.1 Å². The second-order valence-corrected chi connectivity index (χ2v) is 8.17. The Labute approximate surface area is 108 Å². The molecule has 2 aliphatic rings. The SMILES string of the molecule is O=S(=O)(CC1CCCN1)NCC1CCCCS1. The summed E-state index contributed by atoms with van der Waals surface area (Å²) >= 11 is 1.90. The first-order valence-corrected chi connectivity index (χ1v) is 9.18. The molecule has 2 aliphatic heterocycles. The standard InChI is InChI=1S/C11H22N2O2S2/c14-17(15,9-10-4-3-6-12-10)13-8-11-5-1-2-7-16-11/h10-13H,1-9H2. The minimum absolute atomic E-state index is 0.159. The van der Waals surface area contributed by atoms with Crippen LogP contribution in [0.3, 0.4) is 0 Å². The van der Waals surface area contributed by atoms with Crippen molar-refractivity contribution in [2.45, 2.75) is 43.4 Å². The lowest BCUT2D eigenvalue weighted by Crippen LogP contribution is -2.39. The Kier molecular flexibility index (Phi) is 5.14. The first-order valence-electron chi connectivity index (χ1n) is 6.48. The quantitative estimate of drug-likeness (QED) is 0.786. The normalized spacial score (nSPS) is 30.6. The summed E-state index contributed by atoms with van der Waals surface area (Å²) in [6, 6.07) is 0.159. The van der Waals surface area contributed by atoms with Crippen LogP contribution in [0, 0.1) is 0 Å². The molecular weight excluding hydrogens is 256 g/mol. The molecule has 2 unspecified atom stereocenters. The molecular formula is C11H22N2O2S2. The van der Waals surface area contributed by atoms with E-state index < -0.39 is 10.0 Å². The van der Waals surface area contributed by atoms with E-state index in [-0.39, 0.29) is 11.8 Å². The first-order chi connectivity index (χ1) is 8.16. The molecule has 2 saturated heterocycles. The number of hydrogen-bond acceptors (Lipinski definition) is 4. The molecule has 6 heteroatoms. The van der Waals surface area contributed by atoms with E-state index in [0.29, 0.717) is 11.8 Å². The summed E-state index contributed by atoms with van der Waals surface area (Å²) in [5, 5.41) is 3.71. The van der Waals surface area contributed by atoms with Crippen molar-refractivity contribution in [3.8, 4) is 0 Å². The highest BCUT2D eigenvalue weighted by atomic mass is 32.2. The fourth-order valence-corrected chi connectivity index (χ4v) is 5.14. The van der Waals surface area contributed by atoms with Crippen LogP contribution in [0.15, 0.2) is 0 Å². The Morgan fingerprint density at radius 1 is 1.24 bits per heavy atom. The number of nitrogens with one attached hydrogen (secondary N) is 2. The minimum atomic E-state index is -3.09. The number of thioether (sulfide) groups is 1. The first kappa shape index (κ1) is 13.6. The summed E-state index contributed by atoms with van der Waals surface area (Å²) in [5.74, 6) is 1.42. The number of hydrogen-bond donors (Lipinski definition) is 2. The lowest BCUT2D eigenvalue weighted by molar-refractivity contribution is 0.558. The van der Waals surface area contributed by atoms with Gasteiger partial charge in [-0.25, -0.2) is 13.1 Å². The van der Waals surface area contributed by atoms with Crippen LogP contribution >= 0.6 is 11.8 Å². The van der Waals surface area contributed by atoms with E-state index in [1.54, 1.807) is 0 Å². The molecule has 100 valence electrons. The molecule has 2 N–H and O–H groups in total. The molecule has 2 atom stereocenters. The highest BCUT2D eigenvalue weighted by Crippen LogP contribution is 2.24. The van der Waals surface area contributed by atoms with Crippen molar-refractivity contribution in [1.29, 1.82) is 0 Å². The van der Waals surface area contributed by atoms with Gasteiger partial charge in [0, 0.05) is 17.8 Å². The van der Waals surface area contributed by atoms with Gasteiger partial charge in [-0.05, 0) is 38.0 Å². The lowest BCUT2D eigenvalue weighted by Gasteiger charge is -2.21. The van der Waals surface area contributed by atoms with E-state index in [1.807, 2.05) is 11.8 Å². The Bertz CT molecular complexity index is 320. The Morgan fingerprint density at radius 3 is 2.76 bits per heavy atom. The van der Waals surface area contributed by atoms with Crippen molar-refractivity contribution in [3.05, 3.63) is 0 Å². The molecule has 0 radical (unpaired) electrons. The van der Waals surface area contributed by atoms with Crippen LogP contribution in [0.2, 0.25) is 0 Å². The third-order valence-corrected chi connectivity index (χ3v) is 6.23. The van der Waals surface area contributed by atoms with Gasteiger partial charge in [-0.3, -0.25) is 0 Å². The third kappa shape index (κ3) is 4.77. The summed E-state index contributed by atoms with van der Waals surface area (Å²) < 4.78 is 26.5. The van der Waals surface area contributed by atoms with Crippen molar-refractivity contribution in [1.82, 2.24) is 10.0 Å². The zero-order chi connectivity index (χ0) is 12.1. The van der Waals surface area contributed by atoms with Crippen LogP contribution in [0.4, 0.5) is 0 Å². The molecule has 4 nitrogen and oxygen atoms in total. The second kappa shape index (κ2) is 6.41. The molecule has 17 heavy (non-hydrogen) atoms. The van der Waals surface area contributed by atoms with Gasteiger partial charge in [-0.2, -0.15) is 11.8 Å². The molecule has 0 aromatic carbocycles. The summed E-state index contributed by atoms with van der Waals surface area (Å²) in [6.45, 7) is 1.57. The van der Waals surface area contributed by atoms with E-state index in [2.05, 4.69) is 10.0 Å². The summed E-state index contributed by atoms with van der Waals surface area (Å²) in [5.41, 5.74) is 0. The van der Waals surface area contributed by atoms with E-state index >= 15 is 0 Å². The van der Waals surface area contributed by atoms with Gasteiger partial charge in [-0.1, -0.05) is 6.42 Å². The Balaban J connectivity index is 1.72. The predicted molar refractivity (Wildman–Crippen MR) is 72.9 cm³/mol. The zero-order valence-electron chi connectivity index (χ0n) is 10.2. The topological polar surface area (TPSA) is 58.2 Å². The molecule has 0 bridgehead atoms. The molecule has 0 aromatic rings. The fraction of sp³-hybridized carbons (Fsp3) is 1.00. The van der Waals surface area contributed by atoms with Gasteiger partial charge in [0.05, 0.1) is 5.75 Å². The van der Waals surface area contributed by atoms with Gasteiger partial charge >= 0.3 is 0 Å². The van der Waals surface area contributed by atoms with Crippen molar-refractivity contribution < 1.29 is 8.42 Å². The summed E-state index contributed by atoms with van der Waals surface area (Å²) in [7, 11) is -3.09. The minimum Gasteiger partial charge on any atom is -0.313 e. The molecule has 0 amide bonds. The zero-order valence-corrected chi connectivity index (χ0v) is 11.8. The maximum atomic E-state index is 11.9. The van der Waals surface area contributed by atoms with Gasteiger partial charge in [0.2, 0.25) is 10.0 Å². The average Bonchev–Trinajstić information content (AvgIpc) is 2.80. The molecule has 2 fully saturated rings. The fourth-order valence-electron chi connectivity index (χ4n) is 2.41. The average molecular weight is 278 g/mol. The van der Waals surface area contributed by atoms with Gasteiger partial charge in [-0.15, -0.1) is 0 Å². The maximum Gasteiger partial charge on any atom is 0.213 e. The highest BCUT2D eigenvalue weighted by Gasteiger charge is 2.23. The van der Waals surface area contributed by atoms with Crippen LogP contribution in [0.5, 0.6) is 0 Å². The van der Waals surface area contributed by atoms with E-state index in [1.165, 1.54) is 18.6 Å². The highest BCUT2D eigenvalue weighted by molar-refractivity contribution is 8.00. The summed E-state index contributed by atoms with van der Waals surface area (Å²) in [6.07, 6.45) is 5.75. The van der Waals surface area contributed by atoms with Crippen LogP contribution in [-0.2, 0) is 10.0 Å². The van der Waals surface area contributed by atoms with E-state index in [9.17, 15) is 8.42 Å². The molecule has 0 spiro atoms. The Hall–Kier alpha value is 0.220. The van der Waals surface area contributed by atoms with Gasteiger partial charge in [0.15, 0.2) is 0 Å². The monoisotopic (exact) mass is 278 g/mol. The van der Waals surface area contributed by atoms with Crippen LogP contribution in [0.25, 0.3) is 0 Å². The molecule has 2 rings (SSSR count). The van der Waals surface area contributed by atoms with Gasteiger partial charge in [0.1, 0.15) is 0 Å². The lowest BCUT2D eigenvalue weighted by atomic mass is 10.2. The number of sulfonamides is 1. The van der Waals surface area contributed by atoms with Crippen LogP contribution < -0.4 is 10.0 Å². The molecule has 0 aliphatic carbocycles. The Morgan fingerprint density at radius 2 is 2.12 bits per heavy atom. The van der Waals surface area contributed by atoms with Gasteiger partial charge in [0.25, 0.3) is 0 Å². The predicted octanol–water partition coefficient (Wildman–Crippen LogP) is 0.943. The molecule has 0 aromatic heterocycles. The number of rotatable bonds is 5. The van der Waals surface area contributed by atoms with Crippen molar-refractivity contribution in [2.24, 2.45) is 0 Å². The molecule has 0 saturated carbocycles. The molecule has 2 heterocycles.